The number of aromatic hydroxyl groups is 1. The normalized spacial score (nSPS) is 12.7. The summed E-state index contributed by atoms with van der Waals surface area (Å²) in [4.78, 5) is 18.7. The van der Waals surface area contributed by atoms with Crippen LogP contribution in [0.1, 0.15) is 12.6 Å². The minimum absolute atomic E-state index is 0.0984. The number of carboxylic acids is 1. The zero-order valence-corrected chi connectivity index (χ0v) is 12.3. The smallest absolute Gasteiger partial charge is 0.328 e. The largest absolute Gasteiger partial charge is 0.480 e. The summed E-state index contributed by atoms with van der Waals surface area (Å²) in [5, 5.41) is 20.7. The van der Waals surface area contributed by atoms with Gasteiger partial charge in [-0.3, -0.25) is 4.99 Å². The molecule has 0 radical (unpaired) electrons. The highest BCUT2D eigenvalue weighted by molar-refractivity contribution is 5.87. The summed E-state index contributed by atoms with van der Waals surface area (Å²) >= 11 is 0. The van der Waals surface area contributed by atoms with Crippen molar-refractivity contribution in [3.8, 4) is 17.4 Å². The van der Waals surface area contributed by atoms with Crippen molar-refractivity contribution < 1.29 is 19.4 Å². The third-order valence-corrected chi connectivity index (χ3v) is 3.41. The van der Waals surface area contributed by atoms with Crippen LogP contribution in [0.5, 0.6) is 5.95 Å². The number of fused-ring (bicyclic) bond motifs is 1. The maximum absolute atomic E-state index is 10.7. The molecule has 116 valence electrons. The highest BCUT2D eigenvalue weighted by Gasteiger charge is 2.14. The Morgan fingerprint density at radius 1 is 1.26 bits per heavy atom. The van der Waals surface area contributed by atoms with Gasteiger partial charge in [0.25, 0.3) is 0 Å². The number of aliphatic carboxylic acids is 1. The van der Waals surface area contributed by atoms with E-state index in [2.05, 4.69) is 9.98 Å². The van der Waals surface area contributed by atoms with Crippen molar-refractivity contribution in [2.75, 3.05) is 0 Å². The van der Waals surface area contributed by atoms with E-state index >= 15 is 0 Å². The van der Waals surface area contributed by atoms with E-state index in [-0.39, 0.29) is 11.6 Å². The summed E-state index contributed by atoms with van der Waals surface area (Å²) < 4.78 is 5.25. The standard InChI is InChI=1S/C17H14N2O4/c1-10(16(20)21)18-9-14-17(22)23-15(19-14)13-7-6-11-4-2-3-5-12(11)8-13/h2-10,22H,1H3,(H,20,21)/t10-/m0/s1. The number of aromatic nitrogens is 1. The molecule has 0 aliphatic heterocycles. The van der Waals surface area contributed by atoms with Gasteiger partial charge in [0.2, 0.25) is 5.89 Å². The fourth-order valence-electron chi connectivity index (χ4n) is 2.10. The highest BCUT2D eigenvalue weighted by atomic mass is 16.5. The second kappa shape index (κ2) is 5.92. The van der Waals surface area contributed by atoms with Crippen LogP contribution in [0.25, 0.3) is 22.2 Å². The Labute approximate surface area is 131 Å². The van der Waals surface area contributed by atoms with Gasteiger partial charge < -0.3 is 14.6 Å². The maximum Gasteiger partial charge on any atom is 0.328 e. The summed E-state index contributed by atoms with van der Waals surface area (Å²) in [6, 6.07) is 12.6. The Morgan fingerprint density at radius 3 is 2.74 bits per heavy atom. The van der Waals surface area contributed by atoms with E-state index < -0.39 is 18.0 Å². The molecule has 0 spiro atoms. The number of oxazole rings is 1. The molecule has 2 aromatic carbocycles. The molecule has 1 aromatic heterocycles. The lowest BCUT2D eigenvalue weighted by Gasteiger charge is -1.99. The number of rotatable bonds is 4. The van der Waals surface area contributed by atoms with Crippen LogP contribution in [0.2, 0.25) is 0 Å². The predicted octanol–water partition coefficient (Wildman–Crippen LogP) is 3.09. The number of aliphatic imine (C=N–C) groups is 1. The van der Waals surface area contributed by atoms with Crippen molar-refractivity contribution in [3.05, 3.63) is 48.2 Å². The van der Waals surface area contributed by atoms with Gasteiger partial charge >= 0.3 is 11.9 Å². The average Bonchev–Trinajstić information content (AvgIpc) is 2.93. The van der Waals surface area contributed by atoms with Crippen molar-refractivity contribution >= 4 is 23.0 Å². The molecule has 6 heteroatoms. The number of carbonyl (C=O) groups is 1. The molecule has 2 N–H and O–H groups in total. The molecule has 0 fully saturated rings. The van der Waals surface area contributed by atoms with Gasteiger partial charge in [-0.05, 0) is 29.8 Å². The monoisotopic (exact) mass is 310 g/mol. The first-order valence-electron chi connectivity index (χ1n) is 6.99. The minimum Gasteiger partial charge on any atom is -0.480 e. The quantitative estimate of drug-likeness (QED) is 0.722. The topological polar surface area (TPSA) is 95.9 Å². The van der Waals surface area contributed by atoms with Crippen molar-refractivity contribution in [2.24, 2.45) is 4.99 Å². The lowest BCUT2D eigenvalue weighted by Crippen LogP contribution is -2.13. The molecule has 6 nitrogen and oxygen atoms in total. The van der Waals surface area contributed by atoms with Crippen LogP contribution in [0.4, 0.5) is 0 Å². The number of hydrogen-bond donors (Lipinski definition) is 2. The predicted molar refractivity (Wildman–Crippen MR) is 85.8 cm³/mol. The molecule has 1 heterocycles. The van der Waals surface area contributed by atoms with E-state index in [0.717, 1.165) is 10.8 Å². The Balaban J connectivity index is 1.94. The zero-order valence-electron chi connectivity index (χ0n) is 12.3. The Morgan fingerprint density at radius 2 is 2.00 bits per heavy atom. The zero-order chi connectivity index (χ0) is 16.4. The van der Waals surface area contributed by atoms with E-state index in [9.17, 15) is 9.90 Å². The molecule has 0 bridgehead atoms. The molecule has 0 aliphatic rings. The van der Waals surface area contributed by atoms with Crippen molar-refractivity contribution in [3.63, 3.8) is 0 Å². The SMILES string of the molecule is C[C@H](N=Cc1nc(-c2ccc3ccccc3c2)oc1O)C(=O)O. The number of nitrogens with zero attached hydrogens (tertiary/aromatic N) is 2. The minimum atomic E-state index is -1.06. The van der Waals surface area contributed by atoms with Gasteiger partial charge in [-0.1, -0.05) is 30.3 Å². The van der Waals surface area contributed by atoms with Crippen LogP contribution in [0.15, 0.2) is 51.9 Å². The first kappa shape index (κ1) is 14.8. The molecule has 3 aromatic rings. The summed E-state index contributed by atoms with van der Waals surface area (Å²) in [6.07, 6.45) is 1.20. The Bertz CT molecular complexity index is 898. The Hall–Kier alpha value is -3.15. The van der Waals surface area contributed by atoms with Gasteiger partial charge in [-0.15, -0.1) is 0 Å². The third-order valence-electron chi connectivity index (χ3n) is 3.41. The molecule has 0 amide bonds. The van der Waals surface area contributed by atoms with Crippen molar-refractivity contribution in [2.45, 2.75) is 13.0 Å². The van der Waals surface area contributed by atoms with Gasteiger partial charge in [-0.25, -0.2) is 9.78 Å². The second-order valence-corrected chi connectivity index (χ2v) is 5.06. The molecule has 1 atom stereocenters. The van der Waals surface area contributed by atoms with E-state index in [1.165, 1.54) is 13.1 Å². The van der Waals surface area contributed by atoms with Crippen LogP contribution in [-0.4, -0.2) is 33.4 Å². The van der Waals surface area contributed by atoms with Gasteiger partial charge in [0.05, 0.1) is 6.21 Å². The van der Waals surface area contributed by atoms with Crippen LogP contribution in [0.3, 0.4) is 0 Å². The molecule has 0 aliphatic carbocycles. The van der Waals surface area contributed by atoms with Crippen LogP contribution in [0, 0.1) is 0 Å². The maximum atomic E-state index is 10.7. The second-order valence-electron chi connectivity index (χ2n) is 5.06. The first-order valence-corrected chi connectivity index (χ1v) is 6.99. The lowest BCUT2D eigenvalue weighted by atomic mass is 10.1. The van der Waals surface area contributed by atoms with Gasteiger partial charge in [0.1, 0.15) is 6.04 Å². The van der Waals surface area contributed by atoms with Crippen LogP contribution < -0.4 is 0 Å². The van der Waals surface area contributed by atoms with Gasteiger partial charge in [0, 0.05) is 5.56 Å². The fourth-order valence-corrected chi connectivity index (χ4v) is 2.10. The number of benzene rings is 2. The van der Waals surface area contributed by atoms with E-state index in [0.29, 0.717) is 5.56 Å². The molecule has 0 saturated heterocycles. The lowest BCUT2D eigenvalue weighted by molar-refractivity contribution is -0.137. The number of hydrogen-bond acceptors (Lipinski definition) is 5. The summed E-state index contributed by atoms with van der Waals surface area (Å²) in [5.41, 5.74) is 0.811. The van der Waals surface area contributed by atoms with Crippen LogP contribution >= 0.6 is 0 Å². The van der Waals surface area contributed by atoms with E-state index in [1.54, 1.807) is 0 Å². The average molecular weight is 310 g/mol. The molecule has 3 rings (SSSR count). The van der Waals surface area contributed by atoms with Gasteiger partial charge in [-0.2, -0.15) is 0 Å². The highest BCUT2D eigenvalue weighted by Crippen LogP contribution is 2.28. The molecule has 23 heavy (non-hydrogen) atoms. The summed E-state index contributed by atoms with van der Waals surface area (Å²) in [5.74, 6) is -1.20. The van der Waals surface area contributed by atoms with E-state index in [4.69, 9.17) is 9.52 Å². The Kier molecular flexibility index (Phi) is 3.80. The molecular formula is C17H14N2O4. The summed E-state index contributed by atoms with van der Waals surface area (Å²) in [6.45, 7) is 1.43. The molecule has 0 unspecified atom stereocenters. The van der Waals surface area contributed by atoms with Gasteiger partial charge in [0.15, 0.2) is 5.69 Å². The summed E-state index contributed by atoms with van der Waals surface area (Å²) in [7, 11) is 0. The number of carboxylic acid groups (broad SMARTS) is 1. The van der Waals surface area contributed by atoms with E-state index in [1.807, 2.05) is 42.5 Å². The fraction of sp³-hybridized carbons (Fsp3) is 0.118. The van der Waals surface area contributed by atoms with Crippen molar-refractivity contribution in [1.82, 2.24) is 4.98 Å². The van der Waals surface area contributed by atoms with Crippen molar-refractivity contribution in [1.29, 1.82) is 0 Å². The first-order chi connectivity index (χ1) is 11.0. The molecule has 0 saturated carbocycles. The van der Waals surface area contributed by atoms with Crippen LogP contribution in [-0.2, 0) is 4.79 Å². The molecular weight excluding hydrogens is 296 g/mol. The third kappa shape index (κ3) is 3.06.